The number of amides is 1. The second-order valence-electron chi connectivity index (χ2n) is 9.47. The Morgan fingerprint density at radius 1 is 1.29 bits per heavy atom. The van der Waals surface area contributed by atoms with Gasteiger partial charge in [-0.25, -0.2) is 13.9 Å². The molecule has 8 nitrogen and oxygen atoms in total. The molecule has 1 aliphatic carbocycles. The SMILES string of the molecule is CC(=O)N1CC2(CC(n3ncc(-c4cc(Sc5ncccc5F)c5c(C#N)cnn5c4)c3C)C2)C1. The van der Waals surface area contributed by atoms with Gasteiger partial charge in [0.15, 0.2) is 5.82 Å². The van der Waals surface area contributed by atoms with Gasteiger partial charge >= 0.3 is 0 Å². The number of likely N-dealkylation sites (tertiary alicyclic amines) is 1. The van der Waals surface area contributed by atoms with E-state index in [4.69, 9.17) is 5.10 Å². The highest BCUT2D eigenvalue weighted by Crippen LogP contribution is 2.54. The summed E-state index contributed by atoms with van der Waals surface area (Å²) < 4.78 is 18.1. The summed E-state index contributed by atoms with van der Waals surface area (Å²) in [6, 6.07) is 7.35. The number of nitriles is 1. The first-order chi connectivity index (χ1) is 16.9. The number of halogens is 1. The Hall–Kier alpha value is -3.71. The molecule has 0 radical (unpaired) electrons. The first kappa shape index (κ1) is 21.8. The molecule has 176 valence electrons. The fourth-order valence-electron chi connectivity index (χ4n) is 5.37. The zero-order valence-corrected chi connectivity index (χ0v) is 20.1. The van der Waals surface area contributed by atoms with Crippen molar-refractivity contribution in [1.29, 1.82) is 5.26 Å². The maximum Gasteiger partial charge on any atom is 0.219 e. The van der Waals surface area contributed by atoms with Gasteiger partial charge in [-0.15, -0.1) is 0 Å². The lowest BCUT2D eigenvalue weighted by Crippen LogP contribution is -2.63. The molecule has 4 aromatic rings. The van der Waals surface area contributed by atoms with E-state index in [1.807, 2.05) is 23.4 Å². The van der Waals surface area contributed by atoms with E-state index in [2.05, 4.69) is 27.8 Å². The number of aromatic nitrogens is 5. The lowest BCUT2D eigenvalue weighted by Gasteiger charge is -2.58. The molecular weight excluding hydrogens is 465 g/mol. The summed E-state index contributed by atoms with van der Waals surface area (Å²) in [5.74, 6) is -0.272. The lowest BCUT2D eigenvalue weighted by molar-refractivity contribution is -0.152. The molecule has 1 spiro atoms. The lowest BCUT2D eigenvalue weighted by atomic mass is 9.60. The van der Waals surface area contributed by atoms with Crippen LogP contribution in [0.1, 0.15) is 37.1 Å². The summed E-state index contributed by atoms with van der Waals surface area (Å²) in [7, 11) is 0. The molecular formula is C25H22FN7OS. The van der Waals surface area contributed by atoms with Crippen molar-refractivity contribution in [1.82, 2.24) is 29.3 Å². The van der Waals surface area contributed by atoms with Gasteiger partial charge in [0.1, 0.15) is 11.1 Å². The van der Waals surface area contributed by atoms with Crippen molar-refractivity contribution in [2.75, 3.05) is 13.1 Å². The van der Waals surface area contributed by atoms with Crippen LogP contribution in [0.5, 0.6) is 0 Å². The molecule has 0 unspecified atom stereocenters. The van der Waals surface area contributed by atoms with Crippen LogP contribution in [-0.2, 0) is 4.79 Å². The third-order valence-corrected chi connectivity index (χ3v) is 8.19. The molecule has 35 heavy (non-hydrogen) atoms. The van der Waals surface area contributed by atoms with Gasteiger partial charge in [0.25, 0.3) is 0 Å². The van der Waals surface area contributed by atoms with Crippen LogP contribution >= 0.6 is 11.8 Å². The normalized spacial score (nSPS) is 16.8. The van der Waals surface area contributed by atoms with Gasteiger partial charge in [0.2, 0.25) is 5.91 Å². The quantitative estimate of drug-likeness (QED) is 0.427. The van der Waals surface area contributed by atoms with E-state index in [0.29, 0.717) is 22.0 Å². The average Bonchev–Trinajstić information content (AvgIpc) is 3.37. The van der Waals surface area contributed by atoms with Crippen LogP contribution < -0.4 is 0 Å². The van der Waals surface area contributed by atoms with E-state index in [1.54, 1.807) is 23.7 Å². The summed E-state index contributed by atoms with van der Waals surface area (Å²) in [5.41, 5.74) is 4.17. The highest BCUT2D eigenvalue weighted by molar-refractivity contribution is 7.99. The Morgan fingerprint density at radius 3 is 2.80 bits per heavy atom. The zero-order valence-electron chi connectivity index (χ0n) is 19.3. The van der Waals surface area contributed by atoms with Crippen LogP contribution in [0.25, 0.3) is 16.6 Å². The summed E-state index contributed by atoms with van der Waals surface area (Å²) >= 11 is 1.18. The van der Waals surface area contributed by atoms with Crippen molar-refractivity contribution in [2.24, 2.45) is 5.41 Å². The average molecular weight is 488 g/mol. The van der Waals surface area contributed by atoms with Gasteiger partial charge in [0, 0.05) is 59.5 Å². The van der Waals surface area contributed by atoms with Crippen LogP contribution in [-0.4, -0.2) is 48.3 Å². The standard InChI is InChI=1S/C25H22FN7OS/c1-15-20(11-30-33(15)19-7-25(8-19)13-31(14-25)16(2)34)17-6-22(35-24-21(26)4-3-5-28-24)23-18(9-27)10-29-32(23)12-17/h3-6,10-12,19H,7-8,13-14H2,1-2H3. The van der Waals surface area contributed by atoms with E-state index >= 15 is 0 Å². The van der Waals surface area contributed by atoms with E-state index in [9.17, 15) is 14.4 Å². The van der Waals surface area contributed by atoms with Crippen molar-refractivity contribution < 1.29 is 9.18 Å². The minimum Gasteiger partial charge on any atom is -0.342 e. The molecule has 1 aliphatic heterocycles. The van der Waals surface area contributed by atoms with E-state index in [0.717, 1.165) is 42.8 Å². The van der Waals surface area contributed by atoms with Gasteiger partial charge < -0.3 is 4.90 Å². The Balaban J connectivity index is 1.33. The number of rotatable bonds is 4. The fraction of sp³-hybridized carbons (Fsp3) is 0.320. The van der Waals surface area contributed by atoms with Crippen molar-refractivity contribution in [3.63, 3.8) is 0 Å². The van der Waals surface area contributed by atoms with Crippen molar-refractivity contribution in [2.45, 2.75) is 42.7 Å². The number of nitrogens with zero attached hydrogens (tertiary/aromatic N) is 7. The smallest absolute Gasteiger partial charge is 0.219 e. The Kier molecular flexibility index (Phi) is 4.93. The van der Waals surface area contributed by atoms with Crippen LogP contribution in [0.3, 0.4) is 0 Å². The Labute approximate surface area is 205 Å². The molecule has 0 bridgehead atoms. The maximum atomic E-state index is 14.4. The van der Waals surface area contributed by atoms with Crippen molar-refractivity contribution in [3.8, 4) is 17.2 Å². The molecule has 2 aliphatic rings. The Bertz CT molecular complexity index is 1520. The molecule has 0 aromatic carbocycles. The van der Waals surface area contributed by atoms with Crippen LogP contribution in [0, 0.1) is 29.5 Å². The van der Waals surface area contributed by atoms with E-state index < -0.39 is 5.82 Å². The highest BCUT2D eigenvalue weighted by Gasteiger charge is 2.54. The fourth-order valence-corrected chi connectivity index (χ4v) is 6.35. The maximum absolute atomic E-state index is 14.4. The van der Waals surface area contributed by atoms with Gasteiger partial charge in [-0.2, -0.15) is 15.5 Å². The molecule has 1 saturated carbocycles. The minimum atomic E-state index is -0.415. The van der Waals surface area contributed by atoms with Crippen LogP contribution in [0.15, 0.2) is 52.9 Å². The van der Waals surface area contributed by atoms with Crippen LogP contribution in [0.2, 0.25) is 0 Å². The number of carbonyl (C=O) groups excluding carboxylic acids is 1. The molecule has 1 saturated heterocycles. The second kappa shape index (κ2) is 7.92. The van der Waals surface area contributed by atoms with Gasteiger partial charge in [-0.05, 0) is 38.0 Å². The summed E-state index contributed by atoms with van der Waals surface area (Å²) in [6.45, 7) is 5.36. The first-order valence-electron chi connectivity index (χ1n) is 11.4. The van der Waals surface area contributed by atoms with Gasteiger partial charge in [-0.3, -0.25) is 9.48 Å². The number of hydrogen-bond donors (Lipinski definition) is 0. The molecule has 1 amide bonds. The molecule has 0 N–H and O–H groups in total. The summed E-state index contributed by atoms with van der Waals surface area (Å²) in [4.78, 5) is 18.3. The minimum absolute atomic E-state index is 0.143. The summed E-state index contributed by atoms with van der Waals surface area (Å²) in [5, 5.41) is 18.9. The molecule has 5 heterocycles. The number of hydrogen-bond acceptors (Lipinski definition) is 6. The topological polar surface area (TPSA) is 92.1 Å². The molecule has 10 heteroatoms. The molecule has 0 atom stereocenters. The molecule has 4 aromatic heterocycles. The third-order valence-electron chi connectivity index (χ3n) is 7.17. The van der Waals surface area contributed by atoms with Gasteiger partial charge in [-0.1, -0.05) is 11.8 Å². The van der Waals surface area contributed by atoms with Crippen LogP contribution in [0.4, 0.5) is 4.39 Å². The molecule has 2 fully saturated rings. The van der Waals surface area contributed by atoms with E-state index in [-0.39, 0.29) is 16.3 Å². The predicted molar refractivity (Wildman–Crippen MR) is 127 cm³/mol. The number of carbonyl (C=O) groups is 1. The summed E-state index contributed by atoms with van der Waals surface area (Å²) in [6.07, 6.45) is 8.83. The first-order valence-corrected chi connectivity index (χ1v) is 12.2. The third kappa shape index (κ3) is 3.49. The Morgan fingerprint density at radius 2 is 2.09 bits per heavy atom. The monoisotopic (exact) mass is 487 g/mol. The van der Waals surface area contributed by atoms with Crippen molar-refractivity contribution >= 4 is 23.2 Å². The van der Waals surface area contributed by atoms with Gasteiger partial charge in [0.05, 0.1) is 29.5 Å². The zero-order chi connectivity index (χ0) is 24.3. The molecule has 6 rings (SSSR count). The number of fused-ring (bicyclic) bond motifs is 1. The highest BCUT2D eigenvalue weighted by atomic mass is 32.2. The predicted octanol–water partition coefficient (Wildman–Crippen LogP) is 4.25. The number of pyridine rings is 2. The van der Waals surface area contributed by atoms with E-state index in [1.165, 1.54) is 24.0 Å². The van der Waals surface area contributed by atoms with Crippen molar-refractivity contribution in [3.05, 3.63) is 60.1 Å². The second-order valence-corrected chi connectivity index (χ2v) is 10.5. The largest absolute Gasteiger partial charge is 0.342 e.